The molecule has 0 aliphatic carbocycles. The highest BCUT2D eigenvalue weighted by Crippen LogP contribution is 1.96. The Hall–Kier alpha value is -0.750. The molecule has 1 atom stereocenters. The standard InChI is InChI=1S/C8H15F2NO3/c1-2-14-8(12)6(11)3-4-13-5-7(9)10/h6-7H,2-5,11H2,1H3. The van der Waals surface area contributed by atoms with E-state index in [1.807, 2.05) is 0 Å². The molecular formula is C8H15F2NO3. The summed E-state index contributed by atoms with van der Waals surface area (Å²) in [5.74, 6) is -0.534. The zero-order valence-electron chi connectivity index (χ0n) is 8.04. The fourth-order valence-electron chi connectivity index (χ4n) is 0.750. The van der Waals surface area contributed by atoms with Crippen LogP contribution in [0, 0.1) is 0 Å². The first-order valence-corrected chi connectivity index (χ1v) is 4.36. The quantitative estimate of drug-likeness (QED) is 0.493. The fraction of sp³-hybridized carbons (Fsp3) is 0.875. The van der Waals surface area contributed by atoms with Crippen LogP contribution >= 0.6 is 0 Å². The lowest BCUT2D eigenvalue weighted by molar-refractivity contribution is -0.145. The number of alkyl halides is 2. The molecule has 0 fully saturated rings. The summed E-state index contributed by atoms with van der Waals surface area (Å²) in [5, 5.41) is 0. The van der Waals surface area contributed by atoms with Gasteiger partial charge in [-0.05, 0) is 13.3 Å². The van der Waals surface area contributed by atoms with Crippen LogP contribution in [0.1, 0.15) is 13.3 Å². The Kier molecular flexibility index (Phi) is 7.23. The SMILES string of the molecule is CCOC(=O)C(N)CCOCC(F)F. The average molecular weight is 211 g/mol. The number of ether oxygens (including phenoxy) is 2. The number of hydrogen-bond donors (Lipinski definition) is 1. The van der Waals surface area contributed by atoms with Crippen LogP contribution in [0.2, 0.25) is 0 Å². The first kappa shape index (κ1) is 13.2. The lowest BCUT2D eigenvalue weighted by Gasteiger charge is -2.10. The van der Waals surface area contributed by atoms with Crippen LogP contribution < -0.4 is 5.73 Å². The number of nitrogens with two attached hydrogens (primary N) is 1. The van der Waals surface area contributed by atoms with Crippen molar-refractivity contribution < 1.29 is 23.0 Å². The lowest BCUT2D eigenvalue weighted by atomic mass is 10.2. The molecule has 6 heteroatoms. The Balaban J connectivity index is 3.43. The number of hydrogen-bond acceptors (Lipinski definition) is 4. The van der Waals surface area contributed by atoms with Crippen LogP contribution in [0.4, 0.5) is 8.78 Å². The second-order valence-corrected chi connectivity index (χ2v) is 2.61. The topological polar surface area (TPSA) is 61.5 Å². The molecule has 1 unspecified atom stereocenters. The predicted octanol–water partition coefficient (Wildman–Crippen LogP) is 0.549. The molecule has 0 aliphatic heterocycles. The van der Waals surface area contributed by atoms with Crippen molar-refractivity contribution in [3.05, 3.63) is 0 Å². The zero-order chi connectivity index (χ0) is 11.0. The molecule has 0 aromatic heterocycles. The lowest BCUT2D eigenvalue weighted by Crippen LogP contribution is -2.33. The van der Waals surface area contributed by atoms with Gasteiger partial charge in [-0.3, -0.25) is 4.79 Å². The van der Waals surface area contributed by atoms with E-state index in [1.54, 1.807) is 6.92 Å². The Morgan fingerprint density at radius 2 is 2.14 bits per heavy atom. The van der Waals surface area contributed by atoms with Crippen LogP contribution in [0.5, 0.6) is 0 Å². The minimum atomic E-state index is -2.49. The molecule has 0 aromatic carbocycles. The van der Waals surface area contributed by atoms with E-state index in [0.717, 1.165) is 0 Å². The van der Waals surface area contributed by atoms with E-state index in [-0.39, 0.29) is 19.6 Å². The number of rotatable bonds is 7. The summed E-state index contributed by atoms with van der Waals surface area (Å²) >= 11 is 0. The molecule has 4 nitrogen and oxygen atoms in total. The molecule has 0 saturated heterocycles. The third kappa shape index (κ3) is 6.73. The van der Waals surface area contributed by atoms with E-state index >= 15 is 0 Å². The van der Waals surface area contributed by atoms with E-state index in [1.165, 1.54) is 0 Å². The first-order valence-electron chi connectivity index (χ1n) is 4.36. The van der Waals surface area contributed by atoms with Gasteiger partial charge in [0.2, 0.25) is 0 Å². The van der Waals surface area contributed by atoms with Gasteiger partial charge in [-0.15, -0.1) is 0 Å². The maximum absolute atomic E-state index is 11.6. The molecule has 0 radical (unpaired) electrons. The third-order valence-corrected chi connectivity index (χ3v) is 1.41. The number of carbonyl (C=O) groups excluding carboxylic acids is 1. The average Bonchev–Trinajstić information content (AvgIpc) is 2.12. The molecule has 2 N–H and O–H groups in total. The summed E-state index contributed by atoms with van der Waals surface area (Å²) in [6, 6.07) is -0.798. The van der Waals surface area contributed by atoms with Gasteiger partial charge in [0.1, 0.15) is 12.6 Å². The van der Waals surface area contributed by atoms with Crippen molar-refractivity contribution in [1.29, 1.82) is 0 Å². The normalized spacial score (nSPS) is 12.9. The highest BCUT2D eigenvalue weighted by atomic mass is 19.3. The summed E-state index contributed by atoms with van der Waals surface area (Å²) in [6.07, 6.45) is -2.31. The molecule has 0 heterocycles. The molecule has 0 rings (SSSR count). The maximum atomic E-state index is 11.6. The second-order valence-electron chi connectivity index (χ2n) is 2.61. The van der Waals surface area contributed by atoms with Gasteiger partial charge in [0, 0.05) is 6.61 Å². The monoisotopic (exact) mass is 211 g/mol. The van der Waals surface area contributed by atoms with E-state index in [2.05, 4.69) is 9.47 Å². The number of halogens is 2. The molecule has 0 spiro atoms. The van der Waals surface area contributed by atoms with Crippen molar-refractivity contribution in [3.63, 3.8) is 0 Å². The smallest absolute Gasteiger partial charge is 0.322 e. The van der Waals surface area contributed by atoms with Crippen LogP contribution in [-0.2, 0) is 14.3 Å². The summed E-state index contributed by atoms with van der Waals surface area (Å²) in [4.78, 5) is 10.9. The van der Waals surface area contributed by atoms with Crippen LogP contribution in [0.3, 0.4) is 0 Å². The highest BCUT2D eigenvalue weighted by Gasteiger charge is 2.14. The summed E-state index contributed by atoms with van der Waals surface area (Å²) in [6.45, 7) is 1.32. The fourth-order valence-corrected chi connectivity index (χ4v) is 0.750. The molecule has 0 aromatic rings. The van der Waals surface area contributed by atoms with Crippen LogP contribution in [0.15, 0.2) is 0 Å². The molecule has 14 heavy (non-hydrogen) atoms. The van der Waals surface area contributed by atoms with Gasteiger partial charge in [-0.2, -0.15) is 0 Å². The summed E-state index contributed by atoms with van der Waals surface area (Å²) in [7, 11) is 0. The molecule has 0 aliphatic rings. The van der Waals surface area contributed by atoms with Gasteiger partial charge >= 0.3 is 5.97 Å². The van der Waals surface area contributed by atoms with Gasteiger partial charge in [0.25, 0.3) is 6.43 Å². The van der Waals surface area contributed by atoms with Crippen molar-refractivity contribution in [3.8, 4) is 0 Å². The van der Waals surface area contributed by atoms with Gasteiger partial charge in [0.15, 0.2) is 0 Å². The van der Waals surface area contributed by atoms with Crippen molar-refractivity contribution in [1.82, 2.24) is 0 Å². The number of carbonyl (C=O) groups is 1. The molecule has 0 amide bonds. The predicted molar refractivity (Wildman–Crippen MR) is 46.0 cm³/mol. The Bertz CT molecular complexity index is 167. The maximum Gasteiger partial charge on any atom is 0.322 e. The number of esters is 1. The van der Waals surface area contributed by atoms with E-state index in [9.17, 15) is 13.6 Å². The Morgan fingerprint density at radius 3 is 2.64 bits per heavy atom. The van der Waals surface area contributed by atoms with Crippen molar-refractivity contribution in [2.75, 3.05) is 19.8 Å². The third-order valence-electron chi connectivity index (χ3n) is 1.41. The largest absolute Gasteiger partial charge is 0.465 e. The van der Waals surface area contributed by atoms with Crippen LogP contribution in [-0.4, -0.2) is 38.3 Å². The van der Waals surface area contributed by atoms with Gasteiger partial charge in [0.05, 0.1) is 6.61 Å². The van der Waals surface area contributed by atoms with Gasteiger partial charge in [-0.25, -0.2) is 8.78 Å². The second kappa shape index (κ2) is 7.64. The summed E-state index contributed by atoms with van der Waals surface area (Å²) in [5.41, 5.74) is 5.38. The summed E-state index contributed by atoms with van der Waals surface area (Å²) < 4.78 is 32.4. The van der Waals surface area contributed by atoms with Crippen LogP contribution in [0.25, 0.3) is 0 Å². The highest BCUT2D eigenvalue weighted by molar-refractivity contribution is 5.75. The van der Waals surface area contributed by atoms with E-state index in [4.69, 9.17) is 5.73 Å². The van der Waals surface area contributed by atoms with E-state index < -0.39 is 25.0 Å². The molecule has 0 bridgehead atoms. The molecule has 0 saturated carbocycles. The van der Waals surface area contributed by atoms with Gasteiger partial charge < -0.3 is 15.2 Å². The van der Waals surface area contributed by atoms with Crippen molar-refractivity contribution >= 4 is 5.97 Å². The Morgan fingerprint density at radius 1 is 1.50 bits per heavy atom. The Labute approximate surface area is 81.4 Å². The first-order chi connectivity index (χ1) is 6.57. The molecule has 84 valence electrons. The van der Waals surface area contributed by atoms with E-state index in [0.29, 0.717) is 0 Å². The van der Waals surface area contributed by atoms with Crippen molar-refractivity contribution in [2.45, 2.75) is 25.8 Å². The van der Waals surface area contributed by atoms with Gasteiger partial charge in [-0.1, -0.05) is 0 Å². The molecular weight excluding hydrogens is 196 g/mol. The minimum absolute atomic E-state index is 0.0321. The zero-order valence-corrected chi connectivity index (χ0v) is 8.04. The van der Waals surface area contributed by atoms with Crippen molar-refractivity contribution in [2.24, 2.45) is 5.73 Å². The minimum Gasteiger partial charge on any atom is -0.465 e.